The Hall–Kier alpha value is -2.11. The predicted molar refractivity (Wildman–Crippen MR) is 111 cm³/mol. The molecule has 0 bridgehead atoms. The van der Waals surface area contributed by atoms with Crippen molar-refractivity contribution in [2.75, 3.05) is 6.54 Å². The van der Waals surface area contributed by atoms with E-state index in [2.05, 4.69) is 10.3 Å². The molecule has 1 heterocycles. The van der Waals surface area contributed by atoms with Crippen LogP contribution in [0.15, 0.2) is 29.1 Å². The highest BCUT2D eigenvalue weighted by Crippen LogP contribution is 2.33. The zero-order valence-corrected chi connectivity index (χ0v) is 17.3. The largest absolute Gasteiger partial charge is 0.352 e. The summed E-state index contributed by atoms with van der Waals surface area (Å²) in [6, 6.07) is 6.85. The molecule has 5 nitrogen and oxygen atoms in total. The summed E-state index contributed by atoms with van der Waals surface area (Å²) in [6.45, 7) is 4.37. The van der Waals surface area contributed by atoms with Crippen molar-refractivity contribution in [3.63, 3.8) is 0 Å². The number of nitrogens with one attached hydrogen (secondary N) is 2. The summed E-state index contributed by atoms with van der Waals surface area (Å²) in [5.41, 5.74) is 1.39. The first kappa shape index (κ1) is 20.6. The van der Waals surface area contributed by atoms with Crippen molar-refractivity contribution in [1.29, 1.82) is 0 Å². The molecule has 1 aliphatic rings. The summed E-state index contributed by atoms with van der Waals surface area (Å²) in [7, 11) is 0. The molecule has 2 aromatic rings. The molecular weight excluding hydrogens is 399 g/mol. The number of ketones is 1. The first-order valence-electron chi connectivity index (χ1n) is 9.18. The molecule has 2 N–H and O–H groups in total. The van der Waals surface area contributed by atoms with Crippen LogP contribution in [0, 0.1) is 5.41 Å². The molecule has 3 rings (SSSR count). The van der Waals surface area contributed by atoms with Crippen molar-refractivity contribution in [2.45, 2.75) is 39.5 Å². The molecule has 7 heteroatoms. The van der Waals surface area contributed by atoms with Crippen LogP contribution in [0.25, 0.3) is 0 Å². The molecule has 0 unspecified atom stereocenters. The van der Waals surface area contributed by atoms with Gasteiger partial charge in [0, 0.05) is 24.2 Å². The molecule has 0 spiro atoms. The third kappa shape index (κ3) is 4.65. The number of hydrogen-bond acceptors (Lipinski definition) is 3. The summed E-state index contributed by atoms with van der Waals surface area (Å²) in [4.78, 5) is 39.8. The fourth-order valence-electron chi connectivity index (χ4n) is 3.48. The van der Waals surface area contributed by atoms with Crippen LogP contribution < -0.4 is 10.9 Å². The van der Waals surface area contributed by atoms with Gasteiger partial charge in [0.2, 0.25) is 0 Å². The average Bonchev–Trinajstić information content (AvgIpc) is 2.60. The van der Waals surface area contributed by atoms with Crippen molar-refractivity contribution >= 4 is 34.9 Å². The second-order valence-electron chi connectivity index (χ2n) is 7.95. The normalized spacial score (nSPS) is 15.2. The van der Waals surface area contributed by atoms with Gasteiger partial charge in [-0.05, 0) is 48.4 Å². The number of benzene rings is 1. The van der Waals surface area contributed by atoms with Gasteiger partial charge in [-0.3, -0.25) is 14.4 Å². The van der Waals surface area contributed by atoms with Crippen molar-refractivity contribution in [3.8, 4) is 0 Å². The minimum atomic E-state index is -0.476. The zero-order valence-electron chi connectivity index (χ0n) is 15.8. The van der Waals surface area contributed by atoms with Crippen molar-refractivity contribution in [3.05, 3.63) is 67.0 Å². The predicted octanol–water partition coefficient (Wildman–Crippen LogP) is 4.20. The third-order valence-electron chi connectivity index (χ3n) is 4.87. The maximum absolute atomic E-state index is 12.4. The van der Waals surface area contributed by atoms with Crippen LogP contribution in [0.3, 0.4) is 0 Å². The maximum Gasteiger partial charge on any atom is 0.261 e. The monoisotopic (exact) mass is 420 g/mol. The Morgan fingerprint density at radius 3 is 2.61 bits per heavy atom. The van der Waals surface area contributed by atoms with Crippen LogP contribution in [0.1, 0.15) is 58.7 Å². The molecule has 0 aliphatic heterocycles. The zero-order chi connectivity index (χ0) is 20.5. The summed E-state index contributed by atoms with van der Waals surface area (Å²) in [5, 5.41) is 3.74. The summed E-state index contributed by atoms with van der Waals surface area (Å²) in [5.74, 6) is -0.521. The van der Waals surface area contributed by atoms with E-state index in [9.17, 15) is 14.4 Å². The Morgan fingerprint density at radius 2 is 1.89 bits per heavy atom. The van der Waals surface area contributed by atoms with E-state index >= 15 is 0 Å². The second kappa shape index (κ2) is 8.10. The Bertz CT molecular complexity index is 996. The first-order chi connectivity index (χ1) is 13.2. The topological polar surface area (TPSA) is 79.0 Å². The van der Waals surface area contributed by atoms with E-state index in [1.54, 1.807) is 12.1 Å². The standard InChI is InChI=1S/C21H22Cl2N2O3/c1-21(2)10-17-13(18(26)11-21)9-14(20(28)25-17)19(27)24-7-3-4-12-5-6-15(22)16(23)8-12/h5-6,8-9H,3-4,7,10-11H2,1-2H3,(H,24,27)(H,25,28). The third-order valence-corrected chi connectivity index (χ3v) is 5.61. The number of aromatic amines is 1. The van der Waals surface area contributed by atoms with Crippen LogP contribution in [-0.2, 0) is 12.8 Å². The summed E-state index contributed by atoms with van der Waals surface area (Å²) < 4.78 is 0. The SMILES string of the molecule is CC1(C)CC(=O)c2cc(C(=O)NCCCc3ccc(Cl)c(Cl)c3)c(=O)[nH]c2C1. The lowest BCUT2D eigenvalue weighted by Gasteiger charge is -2.29. The second-order valence-corrected chi connectivity index (χ2v) is 8.77. The van der Waals surface area contributed by atoms with Crippen molar-refractivity contribution in [1.82, 2.24) is 10.3 Å². The van der Waals surface area contributed by atoms with Gasteiger partial charge in [0.15, 0.2) is 5.78 Å². The number of aryl methyl sites for hydroxylation is 1. The molecule has 0 saturated heterocycles. The molecular formula is C21H22Cl2N2O3. The first-order valence-corrected chi connectivity index (χ1v) is 9.93. The van der Waals surface area contributed by atoms with E-state index in [-0.39, 0.29) is 16.8 Å². The van der Waals surface area contributed by atoms with E-state index in [0.29, 0.717) is 53.5 Å². The van der Waals surface area contributed by atoms with Crippen LogP contribution in [0.2, 0.25) is 10.0 Å². The quantitative estimate of drug-likeness (QED) is 0.711. The Balaban J connectivity index is 1.63. The molecule has 0 fully saturated rings. The van der Waals surface area contributed by atoms with E-state index in [1.165, 1.54) is 6.07 Å². The number of aromatic nitrogens is 1. The number of hydrogen-bond donors (Lipinski definition) is 2. The smallest absolute Gasteiger partial charge is 0.261 e. The lowest BCUT2D eigenvalue weighted by atomic mass is 9.75. The number of rotatable bonds is 5. The number of carbonyl (C=O) groups is 2. The van der Waals surface area contributed by atoms with E-state index in [4.69, 9.17) is 23.2 Å². The number of carbonyl (C=O) groups excluding carboxylic acids is 2. The molecule has 148 valence electrons. The number of pyridine rings is 1. The van der Waals surface area contributed by atoms with Gasteiger partial charge in [0.25, 0.3) is 11.5 Å². The fraction of sp³-hybridized carbons (Fsp3) is 0.381. The maximum atomic E-state index is 12.4. The van der Waals surface area contributed by atoms with Gasteiger partial charge in [0.1, 0.15) is 5.56 Å². The molecule has 1 amide bonds. The molecule has 1 aromatic carbocycles. The Labute approximate surface area is 173 Å². The van der Waals surface area contributed by atoms with Crippen molar-refractivity contribution < 1.29 is 9.59 Å². The number of Topliss-reactive ketones (excluding diaryl/α,β-unsaturated/α-hetero) is 1. The van der Waals surface area contributed by atoms with E-state index in [0.717, 1.165) is 5.56 Å². The Kier molecular flexibility index (Phi) is 5.96. The van der Waals surface area contributed by atoms with Gasteiger partial charge >= 0.3 is 0 Å². The van der Waals surface area contributed by atoms with Crippen LogP contribution >= 0.6 is 23.2 Å². The van der Waals surface area contributed by atoms with Crippen molar-refractivity contribution in [2.24, 2.45) is 5.41 Å². The number of amides is 1. The van der Waals surface area contributed by atoms with Gasteiger partial charge < -0.3 is 10.3 Å². The molecule has 28 heavy (non-hydrogen) atoms. The minimum absolute atomic E-state index is 0.0265. The average molecular weight is 421 g/mol. The molecule has 0 saturated carbocycles. The van der Waals surface area contributed by atoms with Gasteiger partial charge in [0.05, 0.1) is 10.0 Å². The highest BCUT2D eigenvalue weighted by Gasteiger charge is 2.32. The lowest BCUT2D eigenvalue weighted by Crippen LogP contribution is -2.35. The van der Waals surface area contributed by atoms with Crippen LogP contribution in [-0.4, -0.2) is 23.2 Å². The van der Waals surface area contributed by atoms with Gasteiger partial charge in [-0.25, -0.2) is 0 Å². The van der Waals surface area contributed by atoms with Gasteiger partial charge in [-0.1, -0.05) is 43.1 Å². The van der Waals surface area contributed by atoms with E-state index < -0.39 is 11.5 Å². The van der Waals surface area contributed by atoms with Crippen LogP contribution in [0.5, 0.6) is 0 Å². The summed E-state index contributed by atoms with van der Waals surface area (Å²) in [6.07, 6.45) is 2.40. The fourth-order valence-corrected chi connectivity index (χ4v) is 3.80. The number of halogens is 2. The van der Waals surface area contributed by atoms with Gasteiger partial charge in [-0.2, -0.15) is 0 Å². The molecule has 0 atom stereocenters. The summed E-state index contributed by atoms with van der Waals surface area (Å²) >= 11 is 11.9. The number of fused-ring (bicyclic) bond motifs is 1. The highest BCUT2D eigenvalue weighted by molar-refractivity contribution is 6.42. The van der Waals surface area contributed by atoms with Gasteiger partial charge in [-0.15, -0.1) is 0 Å². The van der Waals surface area contributed by atoms with E-state index in [1.807, 2.05) is 19.9 Å². The Morgan fingerprint density at radius 1 is 1.14 bits per heavy atom. The minimum Gasteiger partial charge on any atom is -0.352 e. The highest BCUT2D eigenvalue weighted by atomic mass is 35.5. The molecule has 1 aliphatic carbocycles. The molecule has 1 aromatic heterocycles. The molecule has 0 radical (unpaired) electrons. The van der Waals surface area contributed by atoms with Crippen LogP contribution in [0.4, 0.5) is 0 Å². The number of H-pyrrole nitrogens is 1. The lowest BCUT2D eigenvalue weighted by molar-refractivity contribution is 0.0910.